The van der Waals surface area contributed by atoms with Crippen molar-refractivity contribution in [1.29, 1.82) is 0 Å². The van der Waals surface area contributed by atoms with Crippen LogP contribution in [0.1, 0.15) is 10.4 Å². The molecule has 0 aliphatic carbocycles. The van der Waals surface area contributed by atoms with Gasteiger partial charge < -0.3 is 5.73 Å². The highest BCUT2D eigenvalue weighted by Crippen LogP contribution is 2.25. The van der Waals surface area contributed by atoms with Crippen LogP contribution < -0.4 is 5.73 Å². The van der Waals surface area contributed by atoms with Gasteiger partial charge >= 0.3 is 0 Å². The Labute approximate surface area is 105 Å². The van der Waals surface area contributed by atoms with Crippen LogP contribution in [0.4, 0.5) is 0 Å². The molecule has 2 rings (SSSR count). The third kappa shape index (κ3) is 2.50. The number of carbonyl (C=O) groups is 1. The van der Waals surface area contributed by atoms with Gasteiger partial charge in [-0.05, 0) is 35.6 Å². The first kappa shape index (κ1) is 11.7. The Morgan fingerprint density at radius 1 is 1.06 bits per heavy atom. The van der Waals surface area contributed by atoms with Crippen molar-refractivity contribution in [2.24, 2.45) is 5.73 Å². The second-order valence-electron chi connectivity index (χ2n) is 3.64. The molecule has 0 aliphatic heterocycles. The summed E-state index contributed by atoms with van der Waals surface area (Å²) in [6.45, 7) is 0. The zero-order chi connectivity index (χ0) is 12.3. The summed E-state index contributed by atoms with van der Waals surface area (Å²) in [6.07, 6.45) is 2.03. The fourth-order valence-corrected chi connectivity index (χ4v) is 2.13. The van der Waals surface area contributed by atoms with Gasteiger partial charge in [0, 0.05) is 10.5 Å². The number of benzene rings is 2. The molecule has 2 nitrogen and oxygen atoms in total. The first-order valence-electron chi connectivity index (χ1n) is 5.25. The van der Waals surface area contributed by atoms with Crippen molar-refractivity contribution in [3.05, 3.63) is 54.1 Å². The van der Waals surface area contributed by atoms with Gasteiger partial charge in [0.05, 0.1) is 0 Å². The molecule has 2 N–H and O–H groups in total. The van der Waals surface area contributed by atoms with E-state index in [1.165, 1.54) is 4.90 Å². The monoisotopic (exact) mass is 243 g/mol. The lowest BCUT2D eigenvalue weighted by atomic mass is 9.99. The van der Waals surface area contributed by atoms with Crippen molar-refractivity contribution in [3.8, 4) is 11.1 Å². The predicted molar refractivity (Wildman–Crippen MR) is 72.2 cm³/mol. The minimum absolute atomic E-state index is 0.394. The van der Waals surface area contributed by atoms with Crippen LogP contribution in [0.3, 0.4) is 0 Å². The highest BCUT2D eigenvalue weighted by molar-refractivity contribution is 7.98. The van der Waals surface area contributed by atoms with Crippen LogP contribution in [-0.2, 0) is 0 Å². The number of primary amides is 1. The lowest BCUT2D eigenvalue weighted by Gasteiger charge is -2.07. The molecule has 3 heteroatoms. The Kier molecular flexibility index (Phi) is 3.49. The number of hydrogen-bond acceptors (Lipinski definition) is 2. The van der Waals surface area contributed by atoms with E-state index in [0.717, 1.165) is 11.1 Å². The van der Waals surface area contributed by atoms with Gasteiger partial charge in [0.25, 0.3) is 0 Å². The maximum Gasteiger partial charge on any atom is 0.249 e. The minimum atomic E-state index is -0.394. The summed E-state index contributed by atoms with van der Waals surface area (Å²) in [5, 5.41) is 0. The van der Waals surface area contributed by atoms with Crippen molar-refractivity contribution < 1.29 is 4.79 Å². The smallest absolute Gasteiger partial charge is 0.249 e. The van der Waals surface area contributed by atoms with Crippen molar-refractivity contribution in [2.75, 3.05) is 6.26 Å². The molecule has 0 fully saturated rings. The first-order chi connectivity index (χ1) is 8.22. The Balaban J connectivity index is 2.48. The predicted octanol–water partition coefficient (Wildman–Crippen LogP) is 3.17. The summed E-state index contributed by atoms with van der Waals surface area (Å²) < 4.78 is 0. The molecule has 0 aliphatic rings. The molecule has 0 saturated carbocycles. The van der Waals surface area contributed by atoms with Gasteiger partial charge in [-0.3, -0.25) is 4.79 Å². The summed E-state index contributed by atoms with van der Waals surface area (Å²) in [7, 11) is 0. The zero-order valence-corrected chi connectivity index (χ0v) is 10.3. The molecule has 17 heavy (non-hydrogen) atoms. The Morgan fingerprint density at radius 3 is 2.29 bits per heavy atom. The quantitative estimate of drug-likeness (QED) is 0.841. The van der Waals surface area contributed by atoms with Crippen LogP contribution in [-0.4, -0.2) is 12.2 Å². The van der Waals surface area contributed by atoms with E-state index in [9.17, 15) is 4.79 Å². The molecule has 0 saturated heterocycles. The van der Waals surface area contributed by atoms with E-state index in [0.29, 0.717) is 5.56 Å². The zero-order valence-electron chi connectivity index (χ0n) is 9.51. The molecule has 0 atom stereocenters. The first-order valence-corrected chi connectivity index (χ1v) is 6.48. The van der Waals surface area contributed by atoms with Gasteiger partial charge in [0.2, 0.25) is 5.91 Å². The van der Waals surface area contributed by atoms with E-state index in [1.807, 2.05) is 48.7 Å². The summed E-state index contributed by atoms with van der Waals surface area (Å²) in [5.74, 6) is -0.394. The van der Waals surface area contributed by atoms with E-state index >= 15 is 0 Å². The minimum Gasteiger partial charge on any atom is -0.366 e. The molecule has 2 aromatic carbocycles. The fourth-order valence-electron chi connectivity index (χ4n) is 1.72. The molecular weight excluding hydrogens is 230 g/mol. The standard InChI is InChI=1S/C14H13NOS/c1-17-11-8-6-10(7-9-11)12-4-2-3-5-13(12)14(15)16/h2-9H,1H3,(H2,15,16). The van der Waals surface area contributed by atoms with Gasteiger partial charge in [0.1, 0.15) is 0 Å². The van der Waals surface area contributed by atoms with E-state index in [4.69, 9.17) is 5.73 Å². The normalized spacial score (nSPS) is 10.2. The molecule has 2 aromatic rings. The van der Waals surface area contributed by atoms with Crippen LogP contribution in [0.15, 0.2) is 53.4 Å². The van der Waals surface area contributed by atoms with Gasteiger partial charge in [-0.15, -0.1) is 11.8 Å². The van der Waals surface area contributed by atoms with E-state index in [-0.39, 0.29) is 0 Å². The highest BCUT2D eigenvalue weighted by atomic mass is 32.2. The molecule has 0 heterocycles. The third-order valence-electron chi connectivity index (χ3n) is 2.59. The van der Waals surface area contributed by atoms with Crippen molar-refractivity contribution in [3.63, 3.8) is 0 Å². The van der Waals surface area contributed by atoms with Crippen LogP contribution in [0, 0.1) is 0 Å². The fraction of sp³-hybridized carbons (Fsp3) is 0.0714. The SMILES string of the molecule is CSc1ccc(-c2ccccc2C(N)=O)cc1. The maximum absolute atomic E-state index is 11.3. The molecule has 0 unspecified atom stereocenters. The molecule has 0 bridgehead atoms. The Morgan fingerprint density at radius 2 is 1.71 bits per heavy atom. The van der Waals surface area contributed by atoms with E-state index < -0.39 is 5.91 Å². The average Bonchev–Trinajstić information content (AvgIpc) is 2.39. The van der Waals surface area contributed by atoms with Crippen LogP contribution in [0.5, 0.6) is 0 Å². The lowest BCUT2D eigenvalue weighted by molar-refractivity contribution is 0.100. The number of amides is 1. The van der Waals surface area contributed by atoms with Crippen molar-refractivity contribution in [1.82, 2.24) is 0 Å². The summed E-state index contributed by atoms with van der Waals surface area (Å²) >= 11 is 1.69. The van der Waals surface area contributed by atoms with Gasteiger partial charge in [-0.25, -0.2) is 0 Å². The second kappa shape index (κ2) is 5.06. The molecular formula is C14H13NOS. The lowest BCUT2D eigenvalue weighted by Crippen LogP contribution is -2.12. The van der Waals surface area contributed by atoms with Gasteiger partial charge in [-0.1, -0.05) is 30.3 Å². The van der Waals surface area contributed by atoms with Crippen LogP contribution in [0.25, 0.3) is 11.1 Å². The maximum atomic E-state index is 11.3. The number of thioether (sulfide) groups is 1. The van der Waals surface area contributed by atoms with E-state index in [1.54, 1.807) is 17.8 Å². The molecule has 0 radical (unpaired) electrons. The number of hydrogen-bond donors (Lipinski definition) is 1. The third-order valence-corrected chi connectivity index (χ3v) is 3.34. The van der Waals surface area contributed by atoms with E-state index in [2.05, 4.69) is 0 Å². The molecule has 0 aromatic heterocycles. The van der Waals surface area contributed by atoms with Crippen molar-refractivity contribution in [2.45, 2.75) is 4.90 Å². The van der Waals surface area contributed by atoms with Gasteiger partial charge in [0.15, 0.2) is 0 Å². The second-order valence-corrected chi connectivity index (χ2v) is 4.52. The summed E-state index contributed by atoms with van der Waals surface area (Å²) in [4.78, 5) is 12.5. The number of nitrogens with two attached hydrogens (primary N) is 1. The summed E-state index contributed by atoms with van der Waals surface area (Å²) in [5.41, 5.74) is 7.82. The summed E-state index contributed by atoms with van der Waals surface area (Å²) in [6, 6.07) is 15.5. The Bertz CT molecular complexity index is 534. The topological polar surface area (TPSA) is 43.1 Å². The molecule has 1 amide bonds. The van der Waals surface area contributed by atoms with Gasteiger partial charge in [-0.2, -0.15) is 0 Å². The molecule has 86 valence electrons. The largest absolute Gasteiger partial charge is 0.366 e. The number of rotatable bonds is 3. The highest BCUT2D eigenvalue weighted by Gasteiger charge is 2.08. The van der Waals surface area contributed by atoms with Crippen LogP contribution in [0.2, 0.25) is 0 Å². The van der Waals surface area contributed by atoms with Crippen LogP contribution >= 0.6 is 11.8 Å². The number of carbonyl (C=O) groups excluding carboxylic acids is 1. The van der Waals surface area contributed by atoms with Crippen molar-refractivity contribution >= 4 is 17.7 Å². The molecule has 0 spiro atoms. The Hall–Kier alpha value is -1.74. The average molecular weight is 243 g/mol.